The van der Waals surface area contributed by atoms with Gasteiger partial charge in [-0.05, 0) is 51.3 Å². The Hall–Kier alpha value is -3.88. The van der Waals surface area contributed by atoms with Gasteiger partial charge in [0.2, 0.25) is 0 Å². The highest BCUT2D eigenvalue weighted by molar-refractivity contribution is 5.94. The summed E-state index contributed by atoms with van der Waals surface area (Å²) >= 11 is 0. The second kappa shape index (κ2) is 14.5. The largest absolute Gasteiger partial charge is 0.468 e. The van der Waals surface area contributed by atoms with Gasteiger partial charge in [0, 0.05) is 41.8 Å². The van der Waals surface area contributed by atoms with Gasteiger partial charge in [-0.2, -0.15) is 5.10 Å². The summed E-state index contributed by atoms with van der Waals surface area (Å²) in [6.45, 7) is 17.2. The van der Waals surface area contributed by atoms with E-state index in [1.54, 1.807) is 24.3 Å². The van der Waals surface area contributed by atoms with E-state index in [4.69, 9.17) is 4.74 Å². The van der Waals surface area contributed by atoms with Crippen molar-refractivity contribution in [2.75, 3.05) is 25.1 Å². The van der Waals surface area contributed by atoms with Gasteiger partial charge < -0.3 is 19.9 Å². The molecule has 9 heteroatoms. The Morgan fingerprint density at radius 1 is 1.25 bits per heavy atom. The number of benzene rings is 1. The number of aliphatic imine (C=N–C) groups is 2. The number of fused-ring (bicyclic) bond motifs is 1. The molecule has 0 radical (unpaired) electrons. The Labute approximate surface area is 213 Å². The van der Waals surface area contributed by atoms with Crippen LogP contribution in [0.4, 0.5) is 10.2 Å². The number of aromatic nitrogens is 3. The van der Waals surface area contributed by atoms with Crippen molar-refractivity contribution < 1.29 is 9.13 Å². The predicted molar refractivity (Wildman–Crippen MR) is 149 cm³/mol. The molecule has 2 aromatic heterocycles. The first-order chi connectivity index (χ1) is 17.6. The van der Waals surface area contributed by atoms with E-state index >= 15 is 0 Å². The van der Waals surface area contributed by atoms with Crippen molar-refractivity contribution in [3.63, 3.8) is 0 Å². The summed E-state index contributed by atoms with van der Waals surface area (Å²) in [6, 6.07) is 7.04. The van der Waals surface area contributed by atoms with Crippen LogP contribution in [-0.2, 0) is 0 Å². The Kier molecular flexibility index (Phi) is 11.4. The van der Waals surface area contributed by atoms with E-state index < -0.39 is 5.82 Å². The van der Waals surface area contributed by atoms with Crippen molar-refractivity contribution in [3.05, 3.63) is 59.4 Å². The van der Waals surface area contributed by atoms with Crippen LogP contribution >= 0.6 is 0 Å². The summed E-state index contributed by atoms with van der Waals surface area (Å²) in [6.07, 6.45) is 6.71. The highest BCUT2D eigenvalue weighted by Crippen LogP contribution is 2.27. The molecule has 0 bridgehead atoms. The number of hydrogen-bond donors (Lipinski definition) is 3. The lowest BCUT2D eigenvalue weighted by Crippen LogP contribution is -2.41. The molecule has 0 unspecified atom stereocenters. The smallest absolute Gasteiger partial charge is 0.181 e. The third-order valence-electron chi connectivity index (χ3n) is 5.10. The van der Waals surface area contributed by atoms with Crippen LogP contribution in [0, 0.1) is 12.7 Å². The van der Waals surface area contributed by atoms with Gasteiger partial charge in [-0.1, -0.05) is 33.8 Å². The number of nitrogens with zero attached hydrogens (tertiary/aromatic N) is 4. The summed E-state index contributed by atoms with van der Waals surface area (Å²) in [5.41, 5.74) is 2.51. The lowest BCUT2D eigenvalue weighted by Gasteiger charge is -2.33. The van der Waals surface area contributed by atoms with Crippen LogP contribution in [0.15, 0.2) is 52.2 Å². The summed E-state index contributed by atoms with van der Waals surface area (Å²) in [5.74, 6) is 1.58. The first-order valence-electron chi connectivity index (χ1n) is 12.4. The van der Waals surface area contributed by atoms with E-state index in [2.05, 4.69) is 42.1 Å². The molecule has 1 aliphatic heterocycles. The van der Waals surface area contributed by atoms with Crippen molar-refractivity contribution in [1.82, 2.24) is 20.1 Å². The van der Waals surface area contributed by atoms with Crippen LogP contribution in [0.5, 0.6) is 5.75 Å². The number of aryl methyl sites for hydroxylation is 1. The normalized spacial score (nSPS) is 13.5. The van der Waals surface area contributed by atoms with Gasteiger partial charge in [0.1, 0.15) is 11.7 Å². The highest BCUT2D eigenvalue weighted by Gasteiger charge is 2.18. The molecule has 3 N–H and O–H groups in total. The Bertz CT molecular complexity index is 1200. The first kappa shape index (κ1) is 28.4. The molecule has 0 amide bonds. The molecule has 194 valence electrons. The minimum Gasteiger partial charge on any atom is -0.468 e. The quantitative estimate of drug-likeness (QED) is 0.245. The number of ether oxygens (including phenoxy) is 1. The number of likely N-dealkylation sites (tertiary alicyclic amines) is 1. The zero-order valence-corrected chi connectivity index (χ0v) is 22.2. The van der Waals surface area contributed by atoms with Gasteiger partial charge in [0.15, 0.2) is 24.1 Å². The summed E-state index contributed by atoms with van der Waals surface area (Å²) in [7, 11) is 0. The van der Waals surface area contributed by atoms with Gasteiger partial charge >= 0.3 is 0 Å². The third-order valence-corrected chi connectivity index (χ3v) is 5.10. The molecule has 4 rings (SSSR count). The molecule has 0 saturated carbocycles. The zero-order valence-electron chi connectivity index (χ0n) is 22.2. The average Bonchev–Trinajstić information content (AvgIpc) is 3.47. The Morgan fingerprint density at radius 3 is 2.64 bits per heavy atom. The standard InChI is InChI=1S/C23H26FN7O.2C2H6/c1-4-6-16-12-21(30-29-16)28-20(25-3)13-22(31-9-5-10-31)26-14-32-19-8-7-18-17(23(19)24)11-15(2)27-18;2*1-2/h4,6-8,11-13,27H,3,5,9-10,14H2,1-2H3,(H2,28,29,30);2*1-2H3/b6-4+,20-13+,26-22+;;. The SMILES string of the molecule is C=N/C(=C\C(=N/COc1ccc2[nH]c(C)cc2c1F)N1CCC1)Nc1cc(/C=C/C)[nH]n1.CC.CC. The molecule has 8 nitrogen and oxygen atoms in total. The molecule has 0 atom stereocenters. The number of allylic oxidation sites excluding steroid dienone is 1. The summed E-state index contributed by atoms with van der Waals surface area (Å²) in [5, 5.41) is 10.8. The maximum Gasteiger partial charge on any atom is 0.181 e. The average molecular weight is 496 g/mol. The maximum atomic E-state index is 14.7. The van der Waals surface area contributed by atoms with Crippen molar-refractivity contribution in [2.24, 2.45) is 9.98 Å². The second-order valence-corrected chi connectivity index (χ2v) is 7.44. The van der Waals surface area contributed by atoms with Gasteiger partial charge in [0.25, 0.3) is 0 Å². The van der Waals surface area contributed by atoms with Crippen LogP contribution < -0.4 is 10.1 Å². The third kappa shape index (κ3) is 7.31. The number of rotatable bonds is 8. The molecule has 36 heavy (non-hydrogen) atoms. The Morgan fingerprint density at radius 2 is 2.00 bits per heavy atom. The molecule has 0 spiro atoms. The van der Waals surface area contributed by atoms with E-state index in [1.165, 1.54) is 0 Å². The van der Waals surface area contributed by atoms with Crippen LogP contribution in [0.2, 0.25) is 0 Å². The lowest BCUT2D eigenvalue weighted by molar-refractivity contribution is 0.286. The first-order valence-corrected chi connectivity index (χ1v) is 12.4. The molecule has 1 aromatic carbocycles. The number of anilines is 1. The number of halogens is 1. The molecule has 0 aliphatic carbocycles. The van der Waals surface area contributed by atoms with Crippen molar-refractivity contribution in [1.29, 1.82) is 0 Å². The number of hydrogen-bond acceptors (Lipinski definition) is 5. The van der Waals surface area contributed by atoms with Crippen molar-refractivity contribution >= 4 is 35.3 Å². The van der Waals surface area contributed by atoms with Crippen LogP contribution in [0.25, 0.3) is 17.0 Å². The van der Waals surface area contributed by atoms with E-state index in [0.717, 1.165) is 36.4 Å². The molecule has 1 saturated heterocycles. The van der Waals surface area contributed by atoms with E-state index in [0.29, 0.717) is 22.9 Å². The molecule has 3 heterocycles. The number of H-pyrrole nitrogens is 2. The van der Waals surface area contributed by atoms with Gasteiger partial charge in [-0.3, -0.25) is 5.10 Å². The number of amidine groups is 1. The minimum absolute atomic E-state index is 0.0214. The fourth-order valence-electron chi connectivity index (χ4n) is 3.39. The Balaban J connectivity index is 0.00000109. The monoisotopic (exact) mass is 495 g/mol. The van der Waals surface area contributed by atoms with E-state index in [1.807, 2.05) is 59.8 Å². The van der Waals surface area contributed by atoms with Crippen LogP contribution in [0.1, 0.15) is 52.4 Å². The fraction of sp³-hybridized carbons (Fsp3) is 0.370. The molecule has 3 aromatic rings. The number of aromatic amines is 2. The van der Waals surface area contributed by atoms with E-state index in [-0.39, 0.29) is 12.5 Å². The minimum atomic E-state index is -0.395. The van der Waals surface area contributed by atoms with Crippen molar-refractivity contribution in [3.8, 4) is 5.75 Å². The number of nitrogens with one attached hydrogen (secondary N) is 3. The van der Waals surface area contributed by atoms with Gasteiger partial charge in [-0.15, -0.1) is 0 Å². The van der Waals surface area contributed by atoms with Crippen LogP contribution in [0.3, 0.4) is 0 Å². The lowest BCUT2D eigenvalue weighted by atomic mass is 10.2. The van der Waals surface area contributed by atoms with Gasteiger partial charge in [-0.25, -0.2) is 14.4 Å². The fourth-order valence-corrected chi connectivity index (χ4v) is 3.39. The molecular weight excluding hydrogens is 457 g/mol. The molecule has 1 fully saturated rings. The second-order valence-electron chi connectivity index (χ2n) is 7.44. The van der Waals surface area contributed by atoms with E-state index in [9.17, 15) is 4.39 Å². The summed E-state index contributed by atoms with van der Waals surface area (Å²) in [4.78, 5) is 13.8. The topological polar surface area (TPSA) is 93.7 Å². The van der Waals surface area contributed by atoms with Crippen molar-refractivity contribution in [2.45, 2.75) is 48.0 Å². The predicted octanol–water partition coefficient (Wildman–Crippen LogP) is 6.52. The van der Waals surface area contributed by atoms with Crippen LogP contribution in [-0.4, -0.2) is 52.5 Å². The molecular formula is C27H38FN7O. The summed E-state index contributed by atoms with van der Waals surface area (Å²) < 4.78 is 20.4. The molecule has 1 aliphatic rings. The highest BCUT2D eigenvalue weighted by atomic mass is 19.1. The zero-order chi connectivity index (χ0) is 26.5. The van der Waals surface area contributed by atoms with Gasteiger partial charge in [0.05, 0.1) is 5.69 Å². The maximum absolute atomic E-state index is 14.7.